The lowest BCUT2D eigenvalue weighted by Gasteiger charge is -2.16. The molecule has 1 saturated heterocycles. The molecule has 0 bridgehead atoms. The van der Waals surface area contributed by atoms with Gasteiger partial charge in [-0.25, -0.2) is 14.8 Å². The molecule has 1 aromatic heterocycles. The summed E-state index contributed by atoms with van der Waals surface area (Å²) in [6.07, 6.45) is 4.09. The first-order valence-corrected chi connectivity index (χ1v) is 8.54. The molecule has 2 N–H and O–H groups in total. The highest BCUT2D eigenvalue weighted by Gasteiger charge is 2.15. The van der Waals surface area contributed by atoms with Gasteiger partial charge in [-0.1, -0.05) is 6.07 Å². The summed E-state index contributed by atoms with van der Waals surface area (Å²) in [7, 11) is 3.07. The van der Waals surface area contributed by atoms with Crippen LogP contribution in [0.2, 0.25) is 0 Å². The average molecular weight is 357 g/mol. The average Bonchev–Trinajstić information content (AvgIpc) is 3.21. The van der Waals surface area contributed by atoms with Crippen molar-refractivity contribution in [2.24, 2.45) is 0 Å². The van der Waals surface area contributed by atoms with E-state index in [1.165, 1.54) is 20.0 Å². The van der Waals surface area contributed by atoms with Gasteiger partial charge in [-0.05, 0) is 31.0 Å². The number of aromatic nitrogens is 2. The van der Waals surface area contributed by atoms with E-state index in [-0.39, 0.29) is 12.6 Å². The second kappa shape index (κ2) is 8.37. The van der Waals surface area contributed by atoms with Crippen molar-refractivity contribution in [3.63, 3.8) is 0 Å². The Bertz CT molecular complexity index is 762. The molecular weight excluding hydrogens is 334 g/mol. The van der Waals surface area contributed by atoms with Gasteiger partial charge in [0.2, 0.25) is 0 Å². The molecule has 0 radical (unpaired) electrons. The first-order valence-electron chi connectivity index (χ1n) is 8.54. The lowest BCUT2D eigenvalue weighted by Crippen LogP contribution is -2.29. The minimum Gasteiger partial charge on any atom is -0.493 e. The fraction of sp³-hybridized carbons (Fsp3) is 0.389. The van der Waals surface area contributed by atoms with Gasteiger partial charge in [0.25, 0.3) is 0 Å². The number of para-hydroxylation sites is 1. The summed E-state index contributed by atoms with van der Waals surface area (Å²) < 4.78 is 10.5. The third-order valence-electron chi connectivity index (χ3n) is 4.18. The lowest BCUT2D eigenvalue weighted by molar-refractivity contribution is 0.251. The highest BCUT2D eigenvalue weighted by atomic mass is 16.5. The normalized spacial score (nSPS) is 13.4. The third-order valence-corrected chi connectivity index (χ3v) is 4.18. The molecule has 138 valence electrons. The fourth-order valence-electron chi connectivity index (χ4n) is 2.91. The maximum atomic E-state index is 12.2. The highest BCUT2D eigenvalue weighted by Crippen LogP contribution is 2.34. The number of ether oxygens (including phenoxy) is 2. The van der Waals surface area contributed by atoms with Crippen LogP contribution in [0.4, 0.5) is 16.3 Å². The van der Waals surface area contributed by atoms with E-state index < -0.39 is 0 Å². The van der Waals surface area contributed by atoms with Crippen LogP contribution in [0.15, 0.2) is 30.5 Å². The maximum absolute atomic E-state index is 12.2. The largest absolute Gasteiger partial charge is 0.493 e. The van der Waals surface area contributed by atoms with Gasteiger partial charge in [0.15, 0.2) is 11.5 Å². The van der Waals surface area contributed by atoms with Crippen LogP contribution in [-0.4, -0.2) is 43.3 Å². The van der Waals surface area contributed by atoms with E-state index in [9.17, 15) is 4.79 Å². The topological polar surface area (TPSA) is 88.6 Å². The molecule has 0 spiro atoms. The monoisotopic (exact) mass is 357 g/mol. The van der Waals surface area contributed by atoms with Gasteiger partial charge in [0.1, 0.15) is 11.6 Å². The molecule has 0 unspecified atom stereocenters. The molecular formula is C18H23N5O3. The fourth-order valence-corrected chi connectivity index (χ4v) is 2.91. The molecule has 1 aromatic carbocycles. The number of hydrogen-bond acceptors (Lipinski definition) is 6. The van der Waals surface area contributed by atoms with Crippen molar-refractivity contribution in [3.8, 4) is 11.5 Å². The Kier molecular flexibility index (Phi) is 5.73. The molecule has 0 saturated carbocycles. The molecule has 1 fully saturated rings. The summed E-state index contributed by atoms with van der Waals surface area (Å²) in [4.78, 5) is 23.2. The lowest BCUT2D eigenvalue weighted by atomic mass is 10.2. The smallest absolute Gasteiger partial charge is 0.319 e. The predicted molar refractivity (Wildman–Crippen MR) is 98.9 cm³/mol. The van der Waals surface area contributed by atoms with Crippen LogP contribution >= 0.6 is 0 Å². The van der Waals surface area contributed by atoms with Gasteiger partial charge in [-0.2, -0.15) is 0 Å². The number of methoxy groups -OCH3 is 2. The maximum Gasteiger partial charge on any atom is 0.319 e. The van der Waals surface area contributed by atoms with Gasteiger partial charge < -0.3 is 25.0 Å². The molecule has 2 aromatic rings. The molecule has 3 rings (SSSR count). The predicted octanol–water partition coefficient (Wildman–Crippen LogP) is 2.42. The zero-order chi connectivity index (χ0) is 18.4. The number of urea groups is 1. The van der Waals surface area contributed by atoms with Crippen LogP contribution in [0.5, 0.6) is 11.5 Å². The Morgan fingerprint density at radius 3 is 2.73 bits per heavy atom. The quantitative estimate of drug-likeness (QED) is 0.825. The van der Waals surface area contributed by atoms with Gasteiger partial charge in [0.05, 0.1) is 26.5 Å². The van der Waals surface area contributed by atoms with E-state index in [0.29, 0.717) is 23.0 Å². The highest BCUT2D eigenvalue weighted by molar-refractivity contribution is 5.91. The summed E-state index contributed by atoms with van der Waals surface area (Å²) in [5, 5.41) is 5.52. The Morgan fingerprint density at radius 2 is 2.00 bits per heavy atom. The third kappa shape index (κ3) is 4.14. The van der Waals surface area contributed by atoms with Crippen LogP contribution in [-0.2, 0) is 6.54 Å². The second-order valence-electron chi connectivity index (χ2n) is 5.87. The molecule has 26 heavy (non-hydrogen) atoms. The van der Waals surface area contributed by atoms with E-state index in [4.69, 9.17) is 9.47 Å². The molecule has 2 heterocycles. The number of nitrogens with zero attached hydrogens (tertiary/aromatic N) is 3. The van der Waals surface area contributed by atoms with E-state index >= 15 is 0 Å². The number of amides is 2. The summed E-state index contributed by atoms with van der Waals surface area (Å²) >= 11 is 0. The van der Waals surface area contributed by atoms with Crippen molar-refractivity contribution in [1.82, 2.24) is 15.3 Å². The Balaban J connectivity index is 1.60. The zero-order valence-corrected chi connectivity index (χ0v) is 15.0. The number of benzene rings is 1. The number of hydrogen-bond donors (Lipinski definition) is 2. The molecule has 0 atom stereocenters. The van der Waals surface area contributed by atoms with Crippen LogP contribution in [0.25, 0.3) is 0 Å². The first-order chi connectivity index (χ1) is 12.7. The number of nitrogens with one attached hydrogen (secondary N) is 2. The molecule has 1 aliphatic rings. The Morgan fingerprint density at radius 1 is 1.19 bits per heavy atom. The number of anilines is 2. The summed E-state index contributed by atoms with van der Waals surface area (Å²) in [5.74, 6) is 2.50. The van der Waals surface area contributed by atoms with Crippen LogP contribution in [0, 0.1) is 0 Å². The van der Waals surface area contributed by atoms with Crippen molar-refractivity contribution >= 4 is 17.5 Å². The molecule has 0 aliphatic carbocycles. The van der Waals surface area contributed by atoms with Crippen LogP contribution < -0.4 is 25.0 Å². The van der Waals surface area contributed by atoms with Crippen molar-refractivity contribution in [2.45, 2.75) is 19.4 Å². The minimum absolute atomic E-state index is 0.236. The number of carbonyl (C=O) groups is 1. The standard InChI is InChI=1S/C18H23N5O3/c1-25-14-7-5-6-13(17(14)26-2)21-18(24)20-12-15-19-9-8-16(22-15)23-10-3-4-11-23/h5-9H,3-4,10-12H2,1-2H3,(H2,20,21,24). The zero-order valence-electron chi connectivity index (χ0n) is 15.0. The second-order valence-corrected chi connectivity index (χ2v) is 5.87. The number of rotatable bonds is 6. The van der Waals surface area contributed by atoms with Crippen molar-refractivity contribution in [2.75, 3.05) is 37.5 Å². The molecule has 1 aliphatic heterocycles. The molecule has 8 heteroatoms. The minimum atomic E-state index is -0.369. The SMILES string of the molecule is COc1cccc(NC(=O)NCc2nccc(N3CCCC3)n2)c1OC. The van der Waals surface area contributed by atoms with Gasteiger partial charge in [-0.15, -0.1) is 0 Å². The van der Waals surface area contributed by atoms with E-state index in [0.717, 1.165) is 18.9 Å². The van der Waals surface area contributed by atoms with Gasteiger partial charge in [0, 0.05) is 19.3 Å². The van der Waals surface area contributed by atoms with Crippen LogP contribution in [0.3, 0.4) is 0 Å². The number of carbonyl (C=O) groups excluding carboxylic acids is 1. The van der Waals surface area contributed by atoms with E-state index in [1.54, 1.807) is 31.5 Å². The van der Waals surface area contributed by atoms with E-state index in [2.05, 4.69) is 25.5 Å². The van der Waals surface area contributed by atoms with Gasteiger partial charge >= 0.3 is 6.03 Å². The molecule has 2 amide bonds. The summed E-state index contributed by atoms with van der Waals surface area (Å²) in [5.41, 5.74) is 0.524. The Hall–Kier alpha value is -3.03. The van der Waals surface area contributed by atoms with Crippen molar-refractivity contribution in [1.29, 1.82) is 0 Å². The van der Waals surface area contributed by atoms with Crippen molar-refractivity contribution in [3.05, 3.63) is 36.3 Å². The van der Waals surface area contributed by atoms with E-state index in [1.807, 2.05) is 6.07 Å². The summed E-state index contributed by atoms with van der Waals surface area (Å²) in [6, 6.07) is 6.81. The Labute approximate surface area is 152 Å². The summed E-state index contributed by atoms with van der Waals surface area (Å²) in [6.45, 7) is 2.26. The van der Waals surface area contributed by atoms with Crippen LogP contribution in [0.1, 0.15) is 18.7 Å². The molecule has 8 nitrogen and oxygen atoms in total. The van der Waals surface area contributed by atoms with Gasteiger partial charge in [-0.3, -0.25) is 0 Å². The first kappa shape index (κ1) is 17.8. The van der Waals surface area contributed by atoms with Crippen molar-refractivity contribution < 1.29 is 14.3 Å².